The molecule has 0 bridgehead atoms. The highest BCUT2D eigenvalue weighted by Gasteiger charge is 2.37. The van der Waals surface area contributed by atoms with Gasteiger partial charge in [0.05, 0.1) is 12.0 Å². The van der Waals surface area contributed by atoms with Crippen molar-refractivity contribution in [1.82, 2.24) is 15.3 Å². The highest BCUT2D eigenvalue weighted by atomic mass is 35.5. The quantitative estimate of drug-likeness (QED) is 0.818. The van der Waals surface area contributed by atoms with E-state index in [2.05, 4.69) is 5.43 Å². The van der Waals surface area contributed by atoms with Crippen molar-refractivity contribution in [2.45, 2.75) is 18.9 Å². The first-order valence-corrected chi connectivity index (χ1v) is 8.84. The topological polar surface area (TPSA) is 82.9 Å². The molecule has 3 heterocycles. The summed E-state index contributed by atoms with van der Waals surface area (Å²) in [6, 6.07) is 10.2. The van der Waals surface area contributed by atoms with Crippen molar-refractivity contribution in [3.05, 3.63) is 65.1 Å². The lowest BCUT2D eigenvalue weighted by Crippen LogP contribution is -2.46. The number of carbonyl (C=O) groups excluding carboxylic acids is 3. The molecule has 2 aliphatic rings. The maximum Gasteiger partial charge on any atom is 0.262 e. The van der Waals surface area contributed by atoms with Crippen LogP contribution in [-0.2, 0) is 14.4 Å². The van der Waals surface area contributed by atoms with Gasteiger partial charge in [0.2, 0.25) is 11.8 Å². The fraction of sp³-hybridized carbons (Fsp3) is 0.211. The Morgan fingerprint density at radius 1 is 1.15 bits per heavy atom. The Kier molecular flexibility index (Phi) is 4.45. The number of rotatable bonds is 4. The molecular weight excluding hydrogens is 370 g/mol. The van der Waals surface area contributed by atoms with E-state index in [1.807, 2.05) is 18.2 Å². The van der Waals surface area contributed by atoms with Crippen molar-refractivity contribution in [3.8, 4) is 0 Å². The van der Waals surface area contributed by atoms with Crippen molar-refractivity contribution in [3.63, 3.8) is 0 Å². The van der Waals surface area contributed by atoms with Crippen LogP contribution in [0.2, 0.25) is 5.02 Å². The molecular formula is C19H16ClN3O4. The molecule has 1 aromatic carbocycles. The predicted octanol–water partition coefficient (Wildman–Crippen LogP) is 2.51. The third kappa shape index (κ3) is 3.33. The van der Waals surface area contributed by atoms with Gasteiger partial charge in [-0.3, -0.25) is 24.7 Å². The normalized spacial score (nSPS) is 19.4. The van der Waals surface area contributed by atoms with Crippen LogP contribution in [0.3, 0.4) is 0 Å². The Hall–Kier alpha value is -3.06. The minimum Gasteiger partial charge on any atom is -0.467 e. The molecule has 1 fully saturated rings. The molecule has 138 valence electrons. The third-order valence-electron chi connectivity index (χ3n) is 4.55. The van der Waals surface area contributed by atoms with E-state index in [-0.39, 0.29) is 31.2 Å². The van der Waals surface area contributed by atoms with E-state index >= 15 is 0 Å². The molecule has 0 spiro atoms. The largest absolute Gasteiger partial charge is 0.467 e. The average Bonchev–Trinajstić information content (AvgIpc) is 3.38. The third-order valence-corrected chi connectivity index (χ3v) is 4.80. The standard InChI is InChI=1S/C19H16ClN3O4/c20-13-5-3-12(4-6-13)14-10-15(16-2-1-9-27-16)23(21-14)19(26)11-22-17(24)7-8-18(22)25/h1-6,9-10,15,21H,7-8,11H2/t15-/m1/s1. The zero-order valence-electron chi connectivity index (χ0n) is 14.2. The van der Waals surface area contributed by atoms with E-state index in [1.54, 1.807) is 24.3 Å². The summed E-state index contributed by atoms with van der Waals surface area (Å²) in [7, 11) is 0. The van der Waals surface area contributed by atoms with Gasteiger partial charge in [0, 0.05) is 17.9 Å². The van der Waals surface area contributed by atoms with Gasteiger partial charge in [0.15, 0.2) is 0 Å². The predicted molar refractivity (Wildman–Crippen MR) is 96.8 cm³/mol. The molecule has 4 rings (SSSR count). The first-order valence-electron chi connectivity index (χ1n) is 8.46. The number of amides is 3. The highest BCUT2D eigenvalue weighted by molar-refractivity contribution is 6.30. The Bertz CT molecular complexity index is 905. The number of furan rings is 1. The molecule has 1 aromatic heterocycles. The lowest BCUT2D eigenvalue weighted by molar-refractivity contribution is -0.147. The van der Waals surface area contributed by atoms with Crippen LogP contribution < -0.4 is 5.43 Å². The molecule has 2 aliphatic heterocycles. The first-order chi connectivity index (χ1) is 13.0. The van der Waals surface area contributed by atoms with Crippen LogP contribution in [0.5, 0.6) is 0 Å². The van der Waals surface area contributed by atoms with E-state index in [9.17, 15) is 14.4 Å². The van der Waals surface area contributed by atoms with Crippen LogP contribution in [-0.4, -0.2) is 34.2 Å². The summed E-state index contributed by atoms with van der Waals surface area (Å²) in [5.41, 5.74) is 4.62. The summed E-state index contributed by atoms with van der Waals surface area (Å²) in [4.78, 5) is 37.5. The number of benzene rings is 1. The minimum atomic E-state index is -0.494. The Morgan fingerprint density at radius 3 is 2.48 bits per heavy atom. The van der Waals surface area contributed by atoms with Crippen molar-refractivity contribution >= 4 is 35.0 Å². The zero-order valence-corrected chi connectivity index (χ0v) is 15.0. The summed E-state index contributed by atoms with van der Waals surface area (Å²) in [6.45, 7) is -0.302. The fourth-order valence-corrected chi connectivity index (χ4v) is 3.28. The SMILES string of the molecule is O=C1CCC(=O)N1CC(=O)N1NC(c2ccc(Cl)cc2)=C[C@@H]1c1ccco1. The van der Waals surface area contributed by atoms with Crippen LogP contribution in [0.15, 0.2) is 53.2 Å². The van der Waals surface area contributed by atoms with Gasteiger partial charge in [-0.2, -0.15) is 0 Å². The van der Waals surface area contributed by atoms with Gasteiger partial charge >= 0.3 is 0 Å². The second-order valence-corrected chi connectivity index (χ2v) is 6.73. The fourth-order valence-electron chi connectivity index (χ4n) is 3.16. The van der Waals surface area contributed by atoms with Crippen LogP contribution in [0, 0.1) is 0 Å². The van der Waals surface area contributed by atoms with Gasteiger partial charge in [-0.25, -0.2) is 5.01 Å². The van der Waals surface area contributed by atoms with Gasteiger partial charge in [-0.05, 0) is 35.9 Å². The molecule has 2 aromatic rings. The van der Waals surface area contributed by atoms with Crippen LogP contribution in [0.25, 0.3) is 5.70 Å². The van der Waals surface area contributed by atoms with Crippen molar-refractivity contribution in [2.24, 2.45) is 0 Å². The minimum absolute atomic E-state index is 0.148. The number of nitrogens with one attached hydrogen (secondary N) is 1. The second kappa shape index (κ2) is 6.92. The van der Waals surface area contributed by atoms with Crippen molar-refractivity contribution in [1.29, 1.82) is 0 Å². The smallest absolute Gasteiger partial charge is 0.262 e. The van der Waals surface area contributed by atoms with Gasteiger partial charge < -0.3 is 4.42 Å². The molecule has 1 atom stereocenters. The maximum absolute atomic E-state index is 12.9. The maximum atomic E-state index is 12.9. The number of hydrogen-bond acceptors (Lipinski definition) is 5. The van der Waals surface area contributed by atoms with Crippen LogP contribution in [0.1, 0.15) is 30.2 Å². The molecule has 0 radical (unpaired) electrons. The zero-order chi connectivity index (χ0) is 19.0. The number of likely N-dealkylation sites (tertiary alicyclic amines) is 1. The number of halogens is 1. The molecule has 1 saturated heterocycles. The summed E-state index contributed by atoms with van der Waals surface area (Å²) in [5, 5.41) is 1.99. The summed E-state index contributed by atoms with van der Waals surface area (Å²) >= 11 is 5.94. The van der Waals surface area contributed by atoms with Crippen LogP contribution in [0.4, 0.5) is 0 Å². The molecule has 1 N–H and O–H groups in total. The first kappa shape index (κ1) is 17.4. The Balaban J connectivity index is 1.59. The summed E-state index contributed by atoms with van der Waals surface area (Å²) in [6.07, 6.45) is 3.68. The van der Waals surface area contributed by atoms with Gasteiger partial charge in [-0.1, -0.05) is 23.7 Å². The highest BCUT2D eigenvalue weighted by Crippen LogP contribution is 2.32. The van der Waals surface area contributed by atoms with Crippen LogP contribution >= 0.6 is 11.6 Å². The summed E-state index contributed by atoms with van der Waals surface area (Å²) < 4.78 is 5.47. The van der Waals surface area contributed by atoms with Crippen molar-refractivity contribution < 1.29 is 18.8 Å². The van der Waals surface area contributed by atoms with Crippen molar-refractivity contribution in [2.75, 3.05) is 6.54 Å². The average molecular weight is 386 g/mol. The number of hydrogen-bond donors (Lipinski definition) is 1. The van der Waals surface area contributed by atoms with E-state index in [0.717, 1.165) is 10.5 Å². The summed E-state index contributed by atoms with van der Waals surface area (Å²) in [5.74, 6) is -0.486. The lowest BCUT2D eigenvalue weighted by Gasteiger charge is -2.25. The number of carbonyl (C=O) groups is 3. The molecule has 3 amide bonds. The van der Waals surface area contributed by atoms with Gasteiger partial charge in [0.25, 0.3) is 5.91 Å². The lowest BCUT2D eigenvalue weighted by atomic mass is 10.1. The number of nitrogens with zero attached hydrogens (tertiary/aromatic N) is 2. The van der Waals surface area contributed by atoms with E-state index in [4.69, 9.17) is 16.0 Å². The molecule has 0 unspecified atom stereocenters. The molecule has 8 heteroatoms. The molecule has 27 heavy (non-hydrogen) atoms. The van der Waals surface area contributed by atoms with E-state index in [1.165, 1.54) is 11.3 Å². The number of hydrazine groups is 1. The second-order valence-electron chi connectivity index (χ2n) is 6.30. The van der Waals surface area contributed by atoms with Gasteiger partial charge in [0.1, 0.15) is 18.3 Å². The van der Waals surface area contributed by atoms with E-state index in [0.29, 0.717) is 16.5 Å². The van der Waals surface area contributed by atoms with Gasteiger partial charge in [-0.15, -0.1) is 0 Å². The number of imide groups is 1. The van der Waals surface area contributed by atoms with E-state index < -0.39 is 11.9 Å². The Labute approximate surface area is 160 Å². The molecule has 0 aliphatic carbocycles. The monoisotopic (exact) mass is 385 g/mol. The molecule has 0 saturated carbocycles. The molecule has 7 nitrogen and oxygen atoms in total. The Morgan fingerprint density at radius 2 is 1.85 bits per heavy atom.